The number of aromatic carboxylic acids is 1. The molecule has 2 N–H and O–H groups in total. The Balaban J connectivity index is 1.71. The van der Waals surface area contributed by atoms with E-state index in [-0.39, 0.29) is 5.56 Å². The van der Waals surface area contributed by atoms with Gasteiger partial charge in [-0.2, -0.15) is 0 Å². The number of hydrogen-bond donors (Lipinski definition) is 2. The lowest BCUT2D eigenvalue weighted by Crippen LogP contribution is -2.02. The van der Waals surface area contributed by atoms with Crippen LogP contribution in [0.2, 0.25) is 0 Å². The fourth-order valence-electron chi connectivity index (χ4n) is 2.60. The number of hydrogen-bond acceptors (Lipinski definition) is 3. The van der Waals surface area contributed by atoms with E-state index in [9.17, 15) is 4.79 Å². The Bertz CT molecular complexity index is 930. The topological polar surface area (TPSA) is 62.5 Å². The third kappa shape index (κ3) is 3.94. The highest BCUT2D eigenvalue weighted by Crippen LogP contribution is 2.27. The van der Waals surface area contributed by atoms with Crippen LogP contribution in [0.25, 0.3) is 11.3 Å². The minimum Gasteiger partial charge on any atom is -0.478 e. The summed E-state index contributed by atoms with van der Waals surface area (Å²) >= 11 is 3.50. The molecule has 3 rings (SSSR count). The molecular weight excluding hydrogens is 382 g/mol. The van der Waals surface area contributed by atoms with Crippen molar-refractivity contribution in [3.8, 4) is 11.3 Å². The minimum absolute atomic E-state index is 0.286. The smallest absolute Gasteiger partial charge is 0.335 e. The van der Waals surface area contributed by atoms with Crippen LogP contribution in [-0.4, -0.2) is 11.1 Å². The second kappa shape index (κ2) is 7.15. The van der Waals surface area contributed by atoms with Crippen molar-refractivity contribution in [2.45, 2.75) is 20.4 Å². The SMILES string of the molecule is Cc1cc(-c2ccc(CNc3ccc(C(=O)O)cc3C)o2)ccc1Br. The van der Waals surface area contributed by atoms with Gasteiger partial charge in [0.15, 0.2) is 0 Å². The number of anilines is 1. The predicted molar refractivity (Wildman–Crippen MR) is 102 cm³/mol. The molecule has 3 aromatic rings. The highest BCUT2D eigenvalue weighted by Gasteiger charge is 2.08. The molecule has 0 fully saturated rings. The van der Waals surface area contributed by atoms with Crippen LogP contribution in [0, 0.1) is 13.8 Å². The van der Waals surface area contributed by atoms with E-state index in [0.29, 0.717) is 6.54 Å². The molecule has 128 valence electrons. The van der Waals surface area contributed by atoms with Crippen molar-refractivity contribution in [3.63, 3.8) is 0 Å². The monoisotopic (exact) mass is 399 g/mol. The summed E-state index contributed by atoms with van der Waals surface area (Å²) in [5.74, 6) is 0.720. The van der Waals surface area contributed by atoms with Gasteiger partial charge in [0.25, 0.3) is 0 Å². The molecule has 4 nitrogen and oxygen atoms in total. The van der Waals surface area contributed by atoms with Crippen molar-refractivity contribution in [1.29, 1.82) is 0 Å². The maximum Gasteiger partial charge on any atom is 0.335 e. The number of carboxylic acid groups (broad SMARTS) is 1. The predicted octanol–water partition coefficient (Wildman–Crippen LogP) is 5.64. The molecule has 0 unspecified atom stereocenters. The van der Waals surface area contributed by atoms with Gasteiger partial charge in [-0.3, -0.25) is 0 Å². The molecule has 0 spiro atoms. The van der Waals surface area contributed by atoms with Gasteiger partial charge < -0.3 is 14.8 Å². The van der Waals surface area contributed by atoms with Gasteiger partial charge in [0.05, 0.1) is 12.1 Å². The third-order valence-electron chi connectivity index (χ3n) is 4.03. The molecule has 0 radical (unpaired) electrons. The molecule has 0 aliphatic heterocycles. The van der Waals surface area contributed by atoms with Gasteiger partial charge >= 0.3 is 5.97 Å². The number of furan rings is 1. The van der Waals surface area contributed by atoms with Crippen molar-refractivity contribution in [1.82, 2.24) is 0 Å². The van der Waals surface area contributed by atoms with E-state index in [1.54, 1.807) is 18.2 Å². The van der Waals surface area contributed by atoms with Gasteiger partial charge in [0.2, 0.25) is 0 Å². The molecule has 0 atom stereocenters. The maximum absolute atomic E-state index is 11.0. The quantitative estimate of drug-likeness (QED) is 0.582. The van der Waals surface area contributed by atoms with Gasteiger partial charge in [0, 0.05) is 15.7 Å². The molecule has 2 aromatic carbocycles. The number of benzene rings is 2. The lowest BCUT2D eigenvalue weighted by Gasteiger charge is -2.09. The summed E-state index contributed by atoms with van der Waals surface area (Å²) in [7, 11) is 0. The fourth-order valence-corrected chi connectivity index (χ4v) is 2.85. The lowest BCUT2D eigenvalue weighted by molar-refractivity contribution is 0.0697. The molecule has 0 saturated heterocycles. The summed E-state index contributed by atoms with van der Waals surface area (Å²) in [6, 6.07) is 15.0. The normalized spacial score (nSPS) is 10.7. The molecule has 0 bridgehead atoms. The summed E-state index contributed by atoms with van der Waals surface area (Å²) < 4.78 is 6.99. The first-order valence-electron chi connectivity index (χ1n) is 7.87. The zero-order valence-electron chi connectivity index (χ0n) is 14.0. The molecule has 1 heterocycles. The number of halogens is 1. The van der Waals surface area contributed by atoms with Crippen LogP contribution in [0.5, 0.6) is 0 Å². The zero-order chi connectivity index (χ0) is 18.0. The molecule has 0 saturated carbocycles. The molecule has 0 amide bonds. The van der Waals surface area contributed by atoms with E-state index < -0.39 is 5.97 Å². The lowest BCUT2D eigenvalue weighted by atomic mass is 10.1. The Morgan fingerprint density at radius 1 is 1.08 bits per heavy atom. The Labute approximate surface area is 154 Å². The Morgan fingerprint density at radius 3 is 2.56 bits per heavy atom. The number of nitrogens with one attached hydrogen (secondary N) is 1. The Morgan fingerprint density at radius 2 is 1.88 bits per heavy atom. The molecule has 1 aromatic heterocycles. The number of rotatable bonds is 5. The van der Waals surface area contributed by atoms with E-state index in [0.717, 1.165) is 38.4 Å². The van der Waals surface area contributed by atoms with Gasteiger partial charge in [0.1, 0.15) is 11.5 Å². The number of aryl methyl sites for hydroxylation is 2. The van der Waals surface area contributed by atoms with Crippen LogP contribution in [0.4, 0.5) is 5.69 Å². The summed E-state index contributed by atoms with van der Waals surface area (Å²) in [5, 5.41) is 12.3. The second-order valence-electron chi connectivity index (χ2n) is 5.92. The van der Waals surface area contributed by atoms with E-state index in [1.165, 1.54) is 0 Å². The van der Waals surface area contributed by atoms with Crippen LogP contribution in [0.15, 0.2) is 57.4 Å². The summed E-state index contributed by atoms with van der Waals surface area (Å²) in [5.41, 5.74) is 4.25. The van der Waals surface area contributed by atoms with E-state index in [2.05, 4.69) is 27.3 Å². The zero-order valence-corrected chi connectivity index (χ0v) is 15.6. The molecule has 0 aliphatic carbocycles. The Kier molecular flexibility index (Phi) is 4.95. The molecular formula is C20H18BrNO3. The van der Waals surface area contributed by atoms with Gasteiger partial charge in [-0.15, -0.1) is 0 Å². The average molecular weight is 400 g/mol. The number of carbonyl (C=O) groups is 1. The largest absolute Gasteiger partial charge is 0.478 e. The highest BCUT2D eigenvalue weighted by atomic mass is 79.9. The fraction of sp³-hybridized carbons (Fsp3) is 0.150. The summed E-state index contributed by atoms with van der Waals surface area (Å²) in [6.07, 6.45) is 0. The van der Waals surface area contributed by atoms with Crippen molar-refractivity contribution in [2.75, 3.05) is 5.32 Å². The molecule has 0 aliphatic rings. The van der Waals surface area contributed by atoms with Gasteiger partial charge in [-0.1, -0.05) is 22.0 Å². The second-order valence-corrected chi connectivity index (χ2v) is 6.77. The van der Waals surface area contributed by atoms with Crippen molar-refractivity contribution < 1.29 is 14.3 Å². The number of carboxylic acids is 1. The van der Waals surface area contributed by atoms with Crippen LogP contribution in [-0.2, 0) is 6.54 Å². The van der Waals surface area contributed by atoms with Crippen LogP contribution < -0.4 is 5.32 Å². The molecule has 5 heteroatoms. The summed E-state index contributed by atoms with van der Waals surface area (Å²) in [4.78, 5) is 11.0. The first-order valence-corrected chi connectivity index (χ1v) is 8.66. The highest BCUT2D eigenvalue weighted by molar-refractivity contribution is 9.10. The Hall–Kier alpha value is -2.53. The van der Waals surface area contributed by atoms with Crippen LogP contribution in [0.1, 0.15) is 27.2 Å². The summed E-state index contributed by atoms with van der Waals surface area (Å²) in [6.45, 7) is 4.46. The van der Waals surface area contributed by atoms with Gasteiger partial charge in [-0.05, 0) is 67.4 Å². The van der Waals surface area contributed by atoms with Crippen molar-refractivity contribution in [3.05, 3.63) is 75.5 Å². The minimum atomic E-state index is -0.921. The third-order valence-corrected chi connectivity index (χ3v) is 4.92. The maximum atomic E-state index is 11.0. The van der Waals surface area contributed by atoms with Crippen molar-refractivity contribution >= 4 is 27.6 Å². The standard InChI is InChI=1S/C20H18BrNO3/c1-12-9-14(3-6-17(12)21)19-8-5-16(25-19)11-22-18-7-4-15(20(23)24)10-13(18)2/h3-10,22H,11H2,1-2H3,(H,23,24). The first kappa shape index (κ1) is 17.3. The van der Waals surface area contributed by atoms with E-state index >= 15 is 0 Å². The van der Waals surface area contributed by atoms with Gasteiger partial charge in [-0.25, -0.2) is 4.79 Å². The van der Waals surface area contributed by atoms with E-state index in [4.69, 9.17) is 9.52 Å². The van der Waals surface area contributed by atoms with Crippen molar-refractivity contribution in [2.24, 2.45) is 0 Å². The van der Waals surface area contributed by atoms with E-state index in [1.807, 2.05) is 38.1 Å². The first-order chi connectivity index (χ1) is 11.9. The molecule has 25 heavy (non-hydrogen) atoms. The van der Waals surface area contributed by atoms with Crippen LogP contribution >= 0.6 is 15.9 Å². The average Bonchev–Trinajstić information content (AvgIpc) is 3.05. The van der Waals surface area contributed by atoms with Crippen LogP contribution in [0.3, 0.4) is 0 Å².